The number of carbonyl (C=O) groups is 2. The fourth-order valence-corrected chi connectivity index (χ4v) is 4.94. The van der Waals surface area contributed by atoms with Gasteiger partial charge in [-0.25, -0.2) is 14.6 Å². The van der Waals surface area contributed by atoms with E-state index in [0.717, 1.165) is 37.4 Å². The molecule has 0 bridgehead atoms. The highest BCUT2D eigenvalue weighted by Crippen LogP contribution is 2.33. The van der Waals surface area contributed by atoms with Gasteiger partial charge in [-0.05, 0) is 42.8 Å². The Morgan fingerprint density at radius 3 is 2.77 bits per heavy atom. The van der Waals surface area contributed by atoms with Gasteiger partial charge in [-0.1, -0.05) is 0 Å². The van der Waals surface area contributed by atoms with Crippen LogP contribution in [-0.2, 0) is 4.79 Å². The molecule has 30 heavy (non-hydrogen) atoms. The quantitative estimate of drug-likeness (QED) is 0.661. The van der Waals surface area contributed by atoms with E-state index < -0.39 is 11.9 Å². The summed E-state index contributed by atoms with van der Waals surface area (Å²) in [4.78, 5) is 30.9. The number of rotatable bonds is 2. The molecule has 11 heteroatoms. The highest BCUT2D eigenvalue weighted by molar-refractivity contribution is 8.18. The van der Waals surface area contributed by atoms with Gasteiger partial charge in [0, 0.05) is 49.3 Å². The van der Waals surface area contributed by atoms with Crippen LogP contribution in [0.15, 0.2) is 28.1 Å². The van der Waals surface area contributed by atoms with Crippen molar-refractivity contribution < 1.29 is 18.7 Å². The molecule has 0 saturated carbocycles. The van der Waals surface area contributed by atoms with Crippen LogP contribution in [0.4, 0.5) is 9.18 Å². The third kappa shape index (κ3) is 5.48. The molecular formula is C19H22ClFN4O3S2. The van der Waals surface area contributed by atoms with Crippen LogP contribution in [0.2, 0.25) is 0 Å². The number of carbonyl (C=O) groups excluding carboxylic acids is 2. The van der Waals surface area contributed by atoms with Crippen LogP contribution < -0.4 is 10.2 Å². The number of hydrogen-bond acceptors (Lipinski definition) is 7. The fourth-order valence-electron chi connectivity index (χ4n) is 3.13. The summed E-state index contributed by atoms with van der Waals surface area (Å²) in [6.07, 6.45) is 3.22. The molecule has 4 rings (SSSR count). The summed E-state index contributed by atoms with van der Waals surface area (Å²) >= 11 is 3.04. The van der Waals surface area contributed by atoms with E-state index in [2.05, 4.69) is 10.4 Å². The molecule has 7 nitrogen and oxygen atoms in total. The first kappa shape index (κ1) is 22.9. The standard InChI is InChI=1S/C19H21FN4O3S2.ClH/c20-14-4-3-13(15(12-14)27-19(26)23-7-9-28-10-8-23)11-16-17(25)22-18(29-16)24-6-2-1-5-21-24;/h3-4,11-12,21H,1-2,5-10H2;1H/b16-11+;. The van der Waals surface area contributed by atoms with E-state index in [9.17, 15) is 14.0 Å². The molecule has 162 valence electrons. The molecule has 2 amide bonds. The number of benzene rings is 1. The molecule has 0 aliphatic carbocycles. The number of thioether (sulfide) groups is 2. The number of aliphatic imine (C=N–C) groups is 1. The maximum atomic E-state index is 13.8. The van der Waals surface area contributed by atoms with Crippen molar-refractivity contribution in [1.29, 1.82) is 0 Å². The number of hydrazine groups is 1. The summed E-state index contributed by atoms with van der Waals surface area (Å²) in [6.45, 7) is 2.84. The number of amidine groups is 1. The minimum Gasteiger partial charge on any atom is -0.409 e. The number of amides is 2. The average molecular weight is 473 g/mol. The summed E-state index contributed by atoms with van der Waals surface area (Å²) < 4.78 is 19.3. The molecule has 2 fully saturated rings. The van der Waals surface area contributed by atoms with Crippen molar-refractivity contribution >= 4 is 59.2 Å². The van der Waals surface area contributed by atoms with Gasteiger partial charge in [0.25, 0.3) is 5.91 Å². The Hall–Kier alpha value is -1.75. The Balaban J connectivity index is 0.00000256. The summed E-state index contributed by atoms with van der Waals surface area (Å²) in [7, 11) is 0. The highest BCUT2D eigenvalue weighted by Gasteiger charge is 2.28. The van der Waals surface area contributed by atoms with Crippen molar-refractivity contribution in [2.75, 3.05) is 37.7 Å². The Labute approximate surface area is 188 Å². The topological polar surface area (TPSA) is 74.2 Å². The molecule has 0 spiro atoms. The van der Waals surface area contributed by atoms with Crippen molar-refractivity contribution in [2.45, 2.75) is 12.8 Å². The second kappa shape index (κ2) is 10.5. The molecule has 0 aromatic heterocycles. The van der Waals surface area contributed by atoms with Crippen molar-refractivity contribution in [3.8, 4) is 5.75 Å². The van der Waals surface area contributed by atoms with Gasteiger partial charge >= 0.3 is 6.09 Å². The monoisotopic (exact) mass is 472 g/mol. The normalized spacial score (nSPS) is 20.8. The zero-order valence-corrected chi connectivity index (χ0v) is 18.6. The summed E-state index contributed by atoms with van der Waals surface area (Å²) in [5.41, 5.74) is 3.69. The minimum absolute atomic E-state index is 0. The lowest BCUT2D eigenvalue weighted by Gasteiger charge is -2.28. The molecule has 1 aromatic carbocycles. The van der Waals surface area contributed by atoms with E-state index in [-0.39, 0.29) is 24.1 Å². The van der Waals surface area contributed by atoms with Crippen LogP contribution in [0.25, 0.3) is 6.08 Å². The van der Waals surface area contributed by atoms with Crippen LogP contribution in [-0.4, -0.2) is 64.8 Å². The smallest absolute Gasteiger partial charge is 0.409 e. The van der Waals surface area contributed by atoms with E-state index in [1.807, 2.05) is 5.01 Å². The van der Waals surface area contributed by atoms with Crippen molar-refractivity contribution in [1.82, 2.24) is 15.3 Å². The van der Waals surface area contributed by atoms with E-state index in [4.69, 9.17) is 4.74 Å². The molecule has 1 aromatic rings. The first-order chi connectivity index (χ1) is 14.1. The molecule has 3 heterocycles. The van der Waals surface area contributed by atoms with Gasteiger partial charge in [0.2, 0.25) is 0 Å². The van der Waals surface area contributed by atoms with Crippen LogP contribution in [0, 0.1) is 5.82 Å². The van der Waals surface area contributed by atoms with E-state index >= 15 is 0 Å². The third-order valence-corrected chi connectivity index (χ3v) is 6.63. The lowest BCUT2D eigenvalue weighted by Crippen LogP contribution is -2.45. The van der Waals surface area contributed by atoms with Crippen LogP contribution in [0.1, 0.15) is 18.4 Å². The number of ether oxygens (including phenoxy) is 1. The molecule has 3 aliphatic heterocycles. The fraction of sp³-hybridized carbons (Fsp3) is 0.421. The number of halogens is 2. The summed E-state index contributed by atoms with van der Waals surface area (Å²) in [6, 6.07) is 3.95. The first-order valence-electron chi connectivity index (χ1n) is 9.48. The predicted octanol–water partition coefficient (Wildman–Crippen LogP) is 3.37. The molecule has 0 radical (unpaired) electrons. The van der Waals surface area contributed by atoms with Gasteiger partial charge in [-0.3, -0.25) is 9.80 Å². The SMILES string of the molecule is Cl.O=C1N=C(N2CCCCN2)S/C1=C/c1ccc(F)cc1OC(=O)N1CCSCC1. The first-order valence-corrected chi connectivity index (χ1v) is 11.4. The Bertz CT molecular complexity index is 871. The number of nitrogens with one attached hydrogen (secondary N) is 1. The molecule has 0 unspecified atom stereocenters. The molecule has 3 aliphatic rings. The Morgan fingerprint density at radius 2 is 2.03 bits per heavy atom. The second-order valence-corrected chi connectivity index (χ2v) is 8.96. The van der Waals surface area contributed by atoms with Crippen LogP contribution in [0.5, 0.6) is 5.75 Å². The molecule has 1 N–H and O–H groups in total. The lowest BCUT2D eigenvalue weighted by molar-refractivity contribution is -0.113. The second-order valence-electron chi connectivity index (χ2n) is 6.73. The van der Waals surface area contributed by atoms with E-state index in [0.29, 0.717) is 28.7 Å². The van der Waals surface area contributed by atoms with Crippen LogP contribution in [0.3, 0.4) is 0 Å². The van der Waals surface area contributed by atoms with Gasteiger partial charge in [0.05, 0.1) is 4.91 Å². The van der Waals surface area contributed by atoms with Crippen molar-refractivity contribution in [3.63, 3.8) is 0 Å². The molecular weight excluding hydrogens is 451 g/mol. The molecule has 0 atom stereocenters. The number of hydrogen-bond donors (Lipinski definition) is 1. The van der Waals surface area contributed by atoms with Gasteiger partial charge in [-0.15, -0.1) is 12.4 Å². The Morgan fingerprint density at radius 1 is 1.23 bits per heavy atom. The van der Waals surface area contributed by atoms with Gasteiger partial charge < -0.3 is 9.64 Å². The third-order valence-electron chi connectivity index (χ3n) is 4.68. The van der Waals surface area contributed by atoms with Gasteiger partial charge in [-0.2, -0.15) is 16.8 Å². The highest BCUT2D eigenvalue weighted by atomic mass is 35.5. The predicted molar refractivity (Wildman–Crippen MR) is 121 cm³/mol. The van der Waals surface area contributed by atoms with Crippen LogP contribution >= 0.6 is 35.9 Å². The average Bonchev–Trinajstić information content (AvgIpc) is 3.11. The Kier molecular flexibility index (Phi) is 8.04. The van der Waals surface area contributed by atoms with Gasteiger partial charge in [0.15, 0.2) is 5.17 Å². The maximum absolute atomic E-state index is 13.8. The summed E-state index contributed by atoms with van der Waals surface area (Å²) in [5, 5.41) is 2.49. The minimum atomic E-state index is -0.510. The maximum Gasteiger partial charge on any atom is 0.415 e. The van der Waals surface area contributed by atoms with E-state index in [1.165, 1.54) is 30.0 Å². The van der Waals surface area contributed by atoms with Crippen molar-refractivity contribution in [2.24, 2.45) is 4.99 Å². The lowest BCUT2D eigenvalue weighted by atomic mass is 10.2. The largest absolute Gasteiger partial charge is 0.415 e. The van der Waals surface area contributed by atoms with Crippen molar-refractivity contribution in [3.05, 3.63) is 34.5 Å². The zero-order chi connectivity index (χ0) is 20.2. The summed E-state index contributed by atoms with van der Waals surface area (Å²) in [5.74, 6) is 0.935. The molecule has 2 saturated heterocycles. The van der Waals surface area contributed by atoms with Gasteiger partial charge in [0.1, 0.15) is 11.6 Å². The number of nitrogens with zero attached hydrogens (tertiary/aromatic N) is 3. The van der Waals surface area contributed by atoms with E-state index in [1.54, 1.807) is 22.7 Å². The zero-order valence-electron chi connectivity index (χ0n) is 16.1.